The van der Waals surface area contributed by atoms with Crippen LogP contribution in [0.3, 0.4) is 0 Å². The minimum absolute atomic E-state index is 0.411. The van der Waals surface area contributed by atoms with Gasteiger partial charge in [0.15, 0.2) is 0 Å². The molecule has 0 fully saturated rings. The lowest BCUT2D eigenvalue weighted by molar-refractivity contribution is -0.154. The van der Waals surface area contributed by atoms with E-state index in [1.54, 1.807) is 31.2 Å². The maximum Gasteiger partial charge on any atom is 0.336 e. The number of rotatable bonds is 5. The van der Waals surface area contributed by atoms with Crippen molar-refractivity contribution in [1.82, 2.24) is 0 Å². The lowest BCUT2D eigenvalue weighted by Crippen LogP contribution is -2.19. The van der Waals surface area contributed by atoms with Crippen molar-refractivity contribution in [3.63, 3.8) is 0 Å². The molecule has 22 heavy (non-hydrogen) atoms. The Balaban J connectivity index is 2.13. The Hall–Kier alpha value is -2.56. The molecule has 0 aliphatic carbocycles. The number of carbonyl (C=O) groups is 1. The van der Waals surface area contributed by atoms with Crippen LogP contribution in [0.5, 0.6) is 5.75 Å². The quantitative estimate of drug-likeness (QED) is 0.367. The summed E-state index contributed by atoms with van der Waals surface area (Å²) in [7, 11) is 0. The topological polar surface area (TPSA) is 65.7 Å². The highest BCUT2D eigenvalue weighted by molar-refractivity contribution is 5.82. The molecule has 0 saturated heterocycles. The van der Waals surface area contributed by atoms with Gasteiger partial charge in [-0.3, -0.25) is 0 Å². The van der Waals surface area contributed by atoms with Gasteiger partial charge in [-0.25, -0.2) is 9.59 Å². The molecular weight excluding hydrogens is 284 g/mol. The molecular formula is C17H18O5. The van der Waals surface area contributed by atoms with E-state index in [0.29, 0.717) is 11.3 Å². The van der Waals surface area contributed by atoms with Crippen LogP contribution >= 0.6 is 0 Å². The lowest BCUT2D eigenvalue weighted by atomic mass is 10.1. The van der Waals surface area contributed by atoms with Crippen LogP contribution in [-0.4, -0.2) is 12.3 Å². The standard InChI is InChI=1S/C17H18O5/c1-4-5-6-16(18)21-12(3)20-13-7-8-14-11(2)9-17(19)22-15(14)10-13/h5-10,12H,4H2,1-3H3/b6-5+. The summed E-state index contributed by atoms with van der Waals surface area (Å²) < 4.78 is 15.7. The molecule has 0 bridgehead atoms. The minimum atomic E-state index is -0.747. The van der Waals surface area contributed by atoms with Crippen LogP contribution in [0.2, 0.25) is 0 Å². The van der Waals surface area contributed by atoms with Gasteiger partial charge in [-0.1, -0.05) is 13.0 Å². The highest BCUT2D eigenvalue weighted by atomic mass is 16.7. The number of aryl methyl sites for hydroxylation is 1. The van der Waals surface area contributed by atoms with Gasteiger partial charge < -0.3 is 13.9 Å². The van der Waals surface area contributed by atoms with Gasteiger partial charge >= 0.3 is 11.6 Å². The Labute approximate surface area is 128 Å². The normalized spacial score (nSPS) is 12.5. The summed E-state index contributed by atoms with van der Waals surface area (Å²) in [6, 6.07) is 6.58. The summed E-state index contributed by atoms with van der Waals surface area (Å²) in [5, 5.41) is 0.836. The number of ether oxygens (including phenoxy) is 2. The Morgan fingerprint density at radius 3 is 2.86 bits per heavy atom. The molecule has 0 spiro atoms. The van der Waals surface area contributed by atoms with Crippen molar-refractivity contribution in [3.05, 3.63) is 52.4 Å². The molecule has 1 heterocycles. The molecule has 0 saturated carbocycles. The summed E-state index contributed by atoms with van der Waals surface area (Å²) in [5.74, 6) is -0.00135. The van der Waals surface area contributed by atoms with E-state index in [1.807, 2.05) is 13.8 Å². The van der Waals surface area contributed by atoms with Gasteiger partial charge in [0.1, 0.15) is 11.3 Å². The minimum Gasteiger partial charge on any atom is -0.455 e. The molecule has 0 N–H and O–H groups in total. The monoisotopic (exact) mass is 302 g/mol. The van der Waals surface area contributed by atoms with Crippen molar-refractivity contribution in [2.45, 2.75) is 33.5 Å². The van der Waals surface area contributed by atoms with Gasteiger partial charge in [0.25, 0.3) is 0 Å². The van der Waals surface area contributed by atoms with Gasteiger partial charge in [0.2, 0.25) is 6.29 Å². The van der Waals surface area contributed by atoms with E-state index < -0.39 is 17.9 Å². The molecule has 5 nitrogen and oxygen atoms in total. The third kappa shape index (κ3) is 3.97. The van der Waals surface area contributed by atoms with Crippen molar-refractivity contribution in [1.29, 1.82) is 0 Å². The lowest BCUT2D eigenvalue weighted by Gasteiger charge is -2.14. The first-order chi connectivity index (χ1) is 10.5. The summed E-state index contributed by atoms with van der Waals surface area (Å²) in [6.45, 7) is 5.38. The van der Waals surface area contributed by atoms with Crippen LogP contribution in [0.25, 0.3) is 11.0 Å². The fraction of sp³-hybridized carbons (Fsp3) is 0.294. The van der Waals surface area contributed by atoms with Crippen LogP contribution in [0.4, 0.5) is 0 Å². The fourth-order valence-electron chi connectivity index (χ4n) is 2.01. The summed E-state index contributed by atoms with van der Waals surface area (Å²) in [4.78, 5) is 22.9. The van der Waals surface area contributed by atoms with E-state index in [0.717, 1.165) is 17.4 Å². The maximum absolute atomic E-state index is 11.5. The Bertz CT molecular complexity index is 757. The molecule has 1 atom stereocenters. The molecule has 0 amide bonds. The number of hydrogen-bond donors (Lipinski definition) is 0. The second-order valence-electron chi connectivity index (χ2n) is 4.84. The van der Waals surface area contributed by atoms with Crippen LogP contribution in [0, 0.1) is 6.92 Å². The number of esters is 1. The average molecular weight is 302 g/mol. The van der Waals surface area contributed by atoms with Crippen molar-refractivity contribution >= 4 is 16.9 Å². The van der Waals surface area contributed by atoms with E-state index in [4.69, 9.17) is 13.9 Å². The SMILES string of the molecule is CC/C=C/C(=O)OC(C)Oc1ccc2c(C)cc(=O)oc2c1. The second kappa shape index (κ2) is 6.93. The number of allylic oxidation sites excluding steroid dienone is 1. The molecule has 1 unspecified atom stereocenters. The van der Waals surface area contributed by atoms with Gasteiger partial charge in [-0.15, -0.1) is 0 Å². The fourth-order valence-corrected chi connectivity index (χ4v) is 2.01. The van der Waals surface area contributed by atoms with E-state index in [2.05, 4.69) is 0 Å². The van der Waals surface area contributed by atoms with E-state index >= 15 is 0 Å². The molecule has 0 aliphatic rings. The predicted molar refractivity (Wildman–Crippen MR) is 82.8 cm³/mol. The maximum atomic E-state index is 11.5. The number of fused-ring (bicyclic) bond motifs is 1. The number of carbonyl (C=O) groups excluding carboxylic acids is 1. The summed E-state index contributed by atoms with van der Waals surface area (Å²) in [5.41, 5.74) is 0.861. The van der Waals surface area contributed by atoms with Gasteiger partial charge in [0, 0.05) is 30.5 Å². The van der Waals surface area contributed by atoms with Crippen LogP contribution in [0.15, 0.2) is 45.6 Å². The van der Waals surface area contributed by atoms with Crippen molar-refractivity contribution in [2.75, 3.05) is 0 Å². The Kier molecular flexibility index (Phi) is 4.99. The Morgan fingerprint density at radius 2 is 2.14 bits per heavy atom. The Morgan fingerprint density at radius 1 is 1.36 bits per heavy atom. The van der Waals surface area contributed by atoms with E-state index in [9.17, 15) is 9.59 Å². The van der Waals surface area contributed by atoms with E-state index in [-0.39, 0.29) is 0 Å². The summed E-state index contributed by atoms with van der Waals surface area (Å²) in [6.07, 6.45) is 3.08. The number of benzene rings is 1. The van der Waals surface area contributed by atoms with Crippen molar-refractivity contribution in [2.24, 2.45) is 0 Å². The molecule has 5 heteroatoms. The van der Waals surface area contributed by atoms with Crippen molar-refractivity contribution < 1.29 is 18.7 Å². The highest BCUT2D eigenvalue weighted by Gasteiger charge is 2.10. The smallest absolute Gasteiger partial charge is 0.336 e. The average Bonchev–Trinajstić information content (AvgIpc) is 2.44. The van der Waals surface area contributed by atoms with Crippen LogP contribution in [-0.2, 0) is 9.53 Å². The molecule has 2 rings (SSSR count). The molecule has 1 aromatic heterocycles. The molecule has 1 aromatic carbocycles. The van der Waals surface area contributed by atoms with Crippen molar-refractivity contribution in [3.8, 4) is 5.75 Å². The first-order valence-electron chi connectivity index (χ1n) is 7.08. The van der Waals surface area contributed by atoms with E-state index in [1.165, 1.54) is 12.1 Å². The van der Waals surface area contributed by atoms with Gasteiger partial charge in [-0.05, 0) is 31.0 Å². The zero-order valence-corrected chi connectivity index (χ0v) is 12.8. The third-order valence-corrected chi connectivity index (χ3v) is 3.00. The zero-order valence-electron chi connectivity index (χ0n) is 12.8. The molecule has 0 radical (unpaired) electrons. The molecule has 116 valence electrons. The molecule has 2 aromatic rings. The third-order valence-electron chi connectivity index (χ3n) is 3.00. The first kappa shape index (κ1) is 15.8. The predicted octanol–water partition coefficient (Wildman–Crippen LogP) is 3.34. The zero-order chi connectivity index (χ0) is 16.1. The second-order valence-corrected chi connectivity index (χ2v) is 4.84. The summed E-state index contributed by atoms with van der Waals surface area (Å²) >= 11 is 0. The molecule has 0 aliphatic heterocycles. The van der Waals surface area contributed by atoms with Gasteiger partial charge in [0.05, 0.1) is 0 Å². The first-order valence-corrected chi connectivity index (χ1v) is 7.08. The largest absolute Gasteiger partial charge is 0.455 e. The highest BCUT2D eigenvalue weighted by Crippen LogP contribution is 2.23. The number of hydrogen-bond acceptors (Lipinski definition) is 5. The van der Waals surface area contributed by atoms with Crippen LogP contribution < -0.4 is 10.4 Å². The van der Waals surface area contributed by atoms with Crippen LogP contribution in [0.1, 0.15) is 25.8 Å². The van der Waals surface area contributed by atoms with Gasteiger partial charge in [-0.2, -0.15) is 0 Å².